The van der Waals surface area contributed by atoms with Crippen molar-refractivity contribution in [1.82, 2.24) is 4.90 Å². The molecule has 2 aromatic carbocycles. The van der Waals surface area contributed by atoms with E-state index in [0.717, 1.165) is 12.0 Å². The van der Waals surface area contributed by atoms with Crippen LogP contribution in [0.4, 0.5) is 5.69 Å². The number of para-hydroxylation sites is 1. The monoisotopic (exact) mass is 344 g/mol. The highest BCUT2D eigenvalue weighted by molar-refractivity contribution is 5.94. The molecule has 3 rings (SSSR count). The molecule has 0 unspecified atom stereocenters. The molecule has 0 atom stereocenters. The van der Waals surface area contributed by atoms with Gasteiger partial charge in [0.25, 0.3) is 5.91 Å². The molecule has 0 N–H and O–H groups in total. The highest BCUT2D eigenvalue weighted by atomic mass is 16.2. The van der Waals surface area contributed by atoms with Gasteiger partial charge in [0.2, 0.25) is 0 Å². The summed E-state index contributed by atoms with van der Waals surface area (Å²) in [6.45, 7) is 4.52. The third-order valence-electron chi connectivity index (χ3n) is 4.64. The van der Waals surface area contributed by atoms with E-state index in [2.05, 4.69) is 17.0 Å². The molecule has 0 radical (unpaired) electrons. The van der Waals surface area contributed by atoms with Crippen LogP contribution in [-0.4, -0.2) is 37.0 Å². The lowest BCUT2D eigenvalue weighted by molar-refractivity contribution is 0.0767. The number of aryl methyl sites for hydroxylation is 1. The van der Waals surface area contributed by atoms with Gasteiger partial charge in [-0.05, 0) is 37.6 Å². The van der Waals surface area contributed by atoms with E-state index in [1.807, 2.05) is 36.1 Å². The average Bonchev–Trinajstić information content (AvgIpc) is 2.92. The molecule has 0 aromatic heterocycles. The van der Waals surface area contributed by atoms with Crippen molar-refractivity contribution in [3.63, 3.8) is 0 Å². The fourth-order valence-electron chi connectivity index (χ4n) is 3.37. The van der Waals surface area contributed by atoms with Gasteiger partial charge in [-0.2, -0.15) is 10.5 Å². The highest BCUT2D eigenvalue weighted by Gasteiger charge is 2.23. The van der Waals surface area contributed by atoms with Gasteiger partial charge in [-0.25, -0.2) is 0 Å². The summed E-state index contributed by atoms with van der Waals surface area (Å²) in [5.41, 5.74) is 3.45. The number of rotatable bonds is 2. The van der Waals surface area contributed by atoms with Crippen molar-refractivity contribution in [2.45, 2.75) is 13.3 Å². The molecule has 0 spiro atoms. The number of nitriles is 2. The first-order valence-corrected chi connectivity index (χ1v) is 8.68. The standard InChI is InChI=1S/C21H20N4O/c1-16-5-2-6-17(13-16)21(26)25-10-4-9-24(11-12-25)20-18(14-22)7-3-8-19(20)15-23/h2-3,5-8,13H,4,9-12H2,1H3. The fourth-order valence-corrected chi connectivity index (χ4v) is 3.37. The van der Waals surface area contributed by atoms with Crippen LogP contribution in [0.25, 0.3) is 0 Å². The number of carbonyl (C=O) groups excluding carboxylic acids is 1. The quantitative estimate of drug-likeness (QED) is 0.839. The molecule has 26 heavy (non-hydrogen) atoms. The number of hydrogen-bond donors (Lipinski definition) is 0. The van der Waals surface area contributed by atoms with Gasteiger partial charge in [-0.15, -0.1) is 0 Å². The molecule has 0 saturated carbocycles. The maximum atomic E-state index is 12.8. The van der Waals surface area contributed by atoms with Gasteiger partial charge in [0, 0.05) is 31.7 Å². The van der Waals surface area contributed by atoms with Crippen LogP contribution in [0.5, 0.6) is 0 Å². The van der Waals surface area contributed by atoms with Crippen molar-refractivity contribution in [1.29, 1.82) is 10.5 Å². The molecule has 1 aliphatic heterocycles. The predicted octanol–water partition coefficient (Wildman–Crippen LogP) is 3.09. The maximum Gasteiger partial charge on any atom is 0.253 e. The Morgan fingerprint density at radius 1 is 0.962 bits per heavy atom. The Labute approximate surface area is 153 Å². The Kier molecular flexibility index (Phi) is 5.20. The summed E-state index contributed by atoms with van der Waals surface area (Å²) in [5, 5.41) is 18.8. The van der Waals surface area contributed by atoms with Gasteiger partial charge < -0.3 is 9.80 Å². The molecule has 1 saturated heterocycles. The fraction of sp³-hybridized carbons (Fsp3) is 0.286. The molecule has 1 heterocycles. The molecule has 130 valence electrons. The zero-order valence-electron chi connectivity index (χ0n) is 14.8. The topological polar surface area (TPSA) is 71.1 Å². The van der Waals surface area contributed by atoms with Crippen LogP contribution in [0.2, 0.25) is 0 Å². The SMILES string of the molecule is Cc1cccc(C(=O)N2CCCN(c3c(C#N)cccc3C#N)CC2)c1. The molecule has 1 amide bonds. The van der Waals surface area contributed by atoms with Gasteiger partial charge in [-0.1, -0.05) is 23.8 Å². The van der Waals surface area contributed by atoms with Crippen LogP contribution in [0.3, 0.4) is 0 Å². The molecule has 1 fully saturated rings. The van der Waals surface area contributed by atoms with Crippen molar-refractivity contribution in [2.75, 3.05) is 31.1 Å². The Balaban J connectivity index is 1.81. The van der Waals surface area contributed by atoms with Crippen molar-refractivity contribution in [3.8, 4) is 12.1 Å². The number of amides is 1. The zero-order valence-corrected chi connectivity index (χ0v) is 14.8. The van der Waals surface area contributed by atoms with Crippen molar-refractivity contribution in [2.24, 2.45) is 0 Å². The second kappa shape index (κ2) is 7.72. The molecule has 0 aliphatic carbocycles. The van der Waals surface area contributed by atoms with E-state index in [4.69, 9.17) is 0 Å². The van der Waals surface area contributed by atoms with Crippen LogP contribution >= 0.6 is 0 Å². The summed E-state index contributed by atoms with van der Waals surface area (Å²) in [5.74, 6) is 0.0321. The molecular weight excluding hydrogens is 324 g/mol. The minimum absolute atomic E-state index is 0.0321. The second-order valence-corrected chi connectivity index (χ2v) is 6.43. The molecule has 2 aromatic rings. The summed E-state index contributed by atoms with van der Waals surface area (Å²) in [6.07, 6.45) is 0.794. The zero-order chi connectivity index (χ0) is 18.5. The third-order valence-corrected chi connectivity index (χ3v) is 4.64. The van der Waals surface area contributed by atoms with E-state index in [1.54, 1.807) is 18.2 Å². The second-order valence-electron chi connectivity index (χ2n) is 6.43. The molecular formula is C21H20N4O. The van der Waals surface area contributed by atoms with Crippen LogP contribution in [0.15, 0.2) is 42.5 Å². The highest BCUT2D eigenvalue weighted by Crippen LogP contribution is 2.26. The normalized spacial score (nSPS) is 14.3. The lowest BCUT2D eigenvalue weighted by Crippen LogP contribution is -2.35. The third kappa shape index (κ3) is 3.53. The van der Waals surface area contributed by atoms with Crippen LogP contribution in [0.1, 0.15) is 33.5 Å². The molecule has 1 aliphatic rings. The number of carbonyl (C=O) groups is 1. The van der Waals surface area contributed by atoms with Crippen LogP contribution in [-0.2, 0) is 0 Å². The van der Waals surface area contributed by atoms with Crippen LogP contribution in [0, 0.1) is 29.6 Å². The lowest BCUT2D eigenvalue weighted by atomic mass is 10.1. The predicted molar refractivity (Wildman–Crippen MR) is 99.8 cm³/mol. The van der Waals surface area contributed by atoms with E-state index in [-0.39, 0.29) is 5.91 Å². The van der Waals surface area contributed by atoms with Gasteiger partial charge in [-0.3, -0.25) is 4.79 Å². The number of anilines is 1. The van der Waals surface area contributed by atoms with E-state index >= 15 is 0 Å². The molecule has 0 bridgehead atoms. The number of hydrogen-bond acceptors (Lipinski definition) is 4. The van der Waals surface area contributed by atoms with Crippen molar-refractivity contribution >= 4 is 11.6 Å². The summed E-state index contributed by atoms with van der Waals surface area (Å²) in [4.78, 5) is 16.7. The first-order valence-electron chi connectivity index (χ1n) is 8.68. The first kappa shape index (κ1) is 17.5. The lowest BCUT2D eigenvalue weighted by Gasteiger charge is -2.25. The maximum absolute atomic E-state index is 12.8. The van der Waals surface area contributed by atoms with Gasteiger partial charge >= 0.3 is 0 Å². The van der Waals surface area contributed by atoms with E-state index in [1.165, 1.54) is 0 Å². The van der Waals surface area contributed by atoms with E-state index in [0.29, 0.717) is 48.6 Å². The van der Waals surface area contributed by atoms with Crippen LogP contribution < -0.4 is 4.90 Å². The Bertz CT molecular complexity index is 875. The number of nitrogens with zero attached hydrogens (tertiary/aromatic N) is 4. The summed E-state index contributed by atoms with van der Waals surface area (Å²) < 4.78 is 0. The van der Waals surface area contributed by atoms with Crippen molar-refractivity contribution < 1.29 is 4.79 Å². The average molecular weight is 344 g/mol. The smallest absolute Gasteiger partial charge is 0.253 e. The Hall–Kier alpha value is -3.31. The summed E-state index contributed by atoms with van der Waals surface area (Å²) in [7, 11) is 0. The van der Waals surface area contributed by atoms with Crippen molar-refractivity contribution in [3.05, 3.63) is 64.7 Å². The summed E-state index contributed by atoms with van der Waals surface area (Å²) >= 11 is 0. The Morgan fingerprint density at radius 3 is 2.31 bits per heavy atom. The van der Waals surface area contributed by atoms with Gasteiger partial charge in [0.05, 0.1) is 16.8 Å². The molecule has 5 nitrogen and oxygen atoms in total. The van der Waals surface area contributed by atoms with E-state index in [9.17, 15) is 15.3 Å². The minimum atomic E-state index is 0.0321. The first-order chi connectivity index (χ1) is 12.6. The largest absolute Gasteiger partial charge is 0.368 e. The van der Waals surface area contributed by atoms with Gasteiger partial charge in [0.15, 0.2) is 0 Å². The number of benzene rings is 2. The molecule has 5 heteroatoms. The van der Waals surface area contributed by atoms with E-state index < -0.39 is 0 Å². The Morgan fingerprint density at radius 2 is 1.65 bits per heavy atom. The van der Waals surface area contributed by atoms with Gasteiger partial charge in [0.1, 0.15) is 12.1 Å². The summed E-state index contributed by atoms with van der Waals surface area (Å²) in [6, 6.07) is 17.2. The minimum Gasteiger partial charge on any atom is -0.368 e.